The van der Waals surface area contributed by atoms with Crippen molar-refractivity contribution < 1.29 is 14.3 Å². The number of aryl methyl sites for hydroxylation is 2. The van der Waals surface area contributed by atoms with E-state index in [0.29, 0.717) is 13.1 Å². The van der Waals surface area contributed by atoms with Crippen LogP contribution in [-0.2, 0) is 22.5 Å². The quantitative estimate of drug-likeness (QED) is 0.656. The van der Waals surface area contributed by atoms with Crippen LogP contribution in [0.25, 0.3) is 11.1 Å². The first-order valence-electron chi connectivity index (χ1n) is 9.96. The number of hydrogen-bond acceptors (Lipinski definition) is 4. The van der Waals surface area contributed by atoms with E-state index in [1.54, 1.807) is 11.1 Å². The first kappa shape index (κ1) is 19.7. The molecule has 0 bridgehead atoms. The van der Waals surface area contributed by atoms with Crippen LogP contribution in [0.5, 0.6) is 0 Å². The Morgan fingerprint density at radius 2 is 1.83 bits per heavy atom. The standard InChI is InChI=1S/C23H24N4O3/c1-17(28)25-14-22-15-27(23(29)30-22)21-8-6-20(7-9-21)19-4-2-18(3-5-19)10-12-26-13-11-24-16-26/h2-9,11,13,16,22H,10,12,14-15H2,1H3,(H,25,28). The molecular weight excluding hydrogens is 380 g/mol. The average molecular weight is 404 g/mol. The number of cyclic esters (lactones) is 1. The predicted molar refractivity (Wildman–Crippen MR) is 114 cm³/mol. The van der Waals surface area contributed by atoms with Gasteiger partial charge in [-0.25, -0.2) is 9.78 Å². The minimum atomic E-state index is -0.389. The van der Waals surface area contributed by atoms with Crippen LogP contribution in [0.15, 0.2) is 67.3 Å². The lowest BCUT2D eigenvalue weighted by atomic mass is 10.0. The highest BCUT2D eigenvalue weighted by Crippen LogP contribution is 2.26. The van der Waals surface area contributed by atoms with E-state index in [0.717, 1.165) is 29.8 Å². The molecule has 7 nitrogen and oxygen atoms in total. The Bertz CT molecular complexity index is 998. The molecule has 1 aromatic heterocycles. The van der Waals surface area contributed by atoms with E-state index in [9.17, 15) is 9.59 Å². The Kier molecular flexibility index (Phi) is 5.79. The number of nitrogens with zero attached hydrogens (tertiary/aromatic N) is 3. The number of nitrogens with one attached hydrogen (secondary N) is 1. The Hall–Kier alpha value is -3.61. The van der Waals surface area contributed by atoms with Gasteiger partial charge in [0.2, 0.25) is 5.91 Å². The third-order valence-corrected chi connectivity index (χ3v) is 5.14. The lowest BCUT2D eigenvalue weighted by Gasteiger charge is -2.14. The van der Waals surface area contributed by atoms with Crippen LogP contribution in [0.3, 0.4) is 0 Å². The zero-order valence-corrected chi connectivity index (χ0v) is 16.8. The summed E-state index contributed by atoms with van der Waals surface area (Å²) in [6.45, 7) is 3.09. The molecule has 3 aromatic rings. The van der Waals surface area contributed by atoms with Gasteiger partial charge >= 0.3 is 6.09 Å². The average Bonchev–Trinajstić information content (AvgIpc) is 3.41. The molecule has 1 saturated heterocycles. The summed E-state index contributed by atoms with van der Waals surface area (Å²) in [6.07, 6.45) is 5.81. The van der Waals surface area contributed by atoms with Gasteiger partial charge < -0.3 is 14.6 Å². The molecule has 0 aliphatic carbocycles. The lowest BCUT2D eigenvalue weighted by Crippen LogP contribution is -2.33. The van der Waals surface area contributed by atoms with Crippen molar-refractivity contribution >= 4 is 17.7 Å². The van der Waals surface area contributed by atoms with Gasteiger partial charge in [0.1, 0.15) is 6.10 Å². The molecule has 1 aliphatic heterocycles. The molecule has 1 atom stereocenters. The maximum Gasteiger partial charge on any atom is 0.414 e. The monoisotopic (exact) mass is 404 g/mol. The second-order valence-electron chi connectivity index (χ2n) is 7.35. The van der Waals surface area contributed by atoms with Crippen molar-refractivity contribution in [3.05, 3.63) is 72.8 Å². The fourth-order valence-corrected chi connectivity index (χ4v) is 3.47. The molecule has 2 aromatic carbocycles. The van der Waals surface area contributed by atoms with Gasteiger partial charge in [-0.2, -0.15) is 0 Å². The van der Waals surface area contributed by atoms with Gasteiger partial charge in [0, 0.05) is 31.5 Å². The van der Waals surface area contributed by atoms with Crippen LogP contribution in [0.2, 0.25) is 0 Å². The molecule has 1 aliphatic rings. The highest BCUT2D eigenvalue weighted by atomic mass is 16.6. The van der Waals surface area contributed by atoms with Crippen LogP contribution in [0, 0.1) is 0 Å². The Morgan fingerprint density at radius 1 is 1.13 bits per heavy atom. The maximum absolute atomic E-state index is 12.2. The van der Waals surface area contributed by atoms with E-state index >= 15 is 0 Å². The highest BCUT2D eigenvalue weighted by molar-refractivity contribution is 5.90. The summed E-state index contributed by atoms with van der Waals surface area (Å²) in [4.78, 5) is 28.9. The minimum Gasteiger partial charge on any atom is -0.442 e. The van der Waals surface area contributed by atoms with Crippen molar-refractivity contribution in [3.63, 3.8) is 0 Å². The molecule has 2 amide bonds. The van der Waals surface area contributed by atoms with Crippen LogP contribution in [-0.4, -0.2) is 40.7 Å². The zero-order chi connectivity index (χ0) is 20.9. The summed E-state index contributed by atoms with van der Waals surface area (Å²) in [5, 5.41) is 2.68. The number of aromatic nitrogens is 2. The second kappa shape index (κ2) is 8.82. The Balaban J connectivity index is 1.37. The summed E-state index contributed by atoms with van der Waals surface area (Å²) in [5.41, 5.74) is 4.27. The number of imidazole rings is 1. The molecule has 154 valence electrons. The summed E-state index contributed by atoms with van der Waals surface area (Å²) >= 11 is 0. The number of rotatable bonds is 7. The van der Waals surface area contributed by atoms with Crippen LogP contribution in [0.4, 0.5) is 10.5 Å². The van der Waals surface area contributed by atoms with Crippen LogP contribution < -0.4 is 10.2 Å². The van der Waals surface area contributed by atoms with Gasteiger partial charge in [0.05, 0.1) is 19.4 Å². The van der Waals surface area contributed by atoms with Crippen molar-refractivity contribution in [2.45, 2.75) is 26.0 Å². The SMILES string of the molecule is CC(=O)NCC1CN(c2ccc(-c3ccc(CCn4ccnc4)cc3)cc2)C(=O)O1. The molecule has 4 rings (SSSR count). The van der Waals surface area contributed by atoms with E-state index in [2.05, 4.69) is 39.1 Å². The van der Waals surface area contributed by atoms with Crippen molar-refractivity contribution in [1.82, 2.24) is 14.9 Å². The first-order chi connectivity index (χ1) is 14.6. The topological polar surface area (TPSA) is 76.5 Å². The van der Waals surface area contributed by atoms with E-state index in [1.165, 1.54) is 12.5 Å². The highest BCUT2D eigenvalue weighted by Gasteiger charge is 2.32. The molecule has 2 heterocycles. The summed E-state index contributed by atoms with van der Waals surface area (Å²) < 4.78 is 7.39. The molecule has 1 N–H and O–H groups in total. The zero-order valence-electron chi connectivity index (χ0n) is 16.8. The predicted octanol–water partition coefficient (Wildman–Crippen LogP) is 3.25. The first-order valence-corrected chi connectivity index (χ1v) is 9.96. The Labute approximate surface area is 175 Å². The van der Waals surface area contributed by atoms with Crippen molar-refractivity contribution in [3.8, 4) is 11.1 Å². The largest absolute Gasteiger partial charge is 0.442 e. The summed E-state index contributed by atoms with van der Waals surface area (Å²) in [7, 11) is 0. The number of hydrogen-bond donors (Lipinski definition) is 1. The molecule has 1 fully saturated rings. The van der Waals surface area contributed by atoms with Crippen LogP contribution in [0.1, 0.15) is 12.5 Å². The van der Waals surface area contributed by atoms with Gasteiger partial charge in [-0.1, -0.05) is 36.4 Å². The molecule has 0 spiro atoms. The third kappa shape index (κ3) is 4.68. The van der Waals surface area contributed by atoms with E-state index in [4.69, 9.17) is 4.74 Å². The van der Waals surface area contributed by atoms with Crippen molar-refractivity contribution in [1.29, 1.82) is 0 Å². The molecule has 7 heteroatoms. The number of carbonyl (C=O) groups excluding carboxylic acids is 2. The fourth-order valence-electron chi connectivity index (χ4n) is 3.47. The van der Waals surface area contributed by atoms with Gasteiger partial charge in [0.25, 0.3) is 0 Å². The second-order valence-corrected chi connectivity index (χ2v) is 7.35. The maximum atomic E-state index is 12.2. The normalized spacial score (nSPS) is 15.8. The van der Waals surface area contributed by atoms with Crippen molar-refractivity contribution in [2.75, 3.05) is 18.0 Å². The summed E-state index contributed by atoms with van der Waals surface area (Å²) in [6, 6.07) is 16.4. The number of carbonyl (C=O) groups is 2. The fraction of sp³-hybridized carbons (Fsp3) is 0.261. The van der Waals surface area contributed by atoms with E-state index < -0.39 is 0 Å². The number of anilines is 1. The molecule has 1 unspecified atom stereocenters. The molecule has 30 heavy (non-hydrogen) atoms. The molecule has 0 saturated carbocycles. The van der Waals surface area contributed by atoms with Crippen LogP contribution >= 0.6 is 0 Å². The smallest absolute Gasteiger partial charge is 0.414 e. The third-order valence-electron chi connectivity index (χ3n) is 5.14. The number of ether oxygens (including phenoxy) is 1. The lowest BCUT2D eigenvalue weighted by molar-refractivity contribution is -0.119. The van der Waals surface area contributed by atoms with Gasteiger partial charge in [-0.3, -0.25) is 9.69 Å². The molecule has 0 radical (unpaired) electrons. The number of benzene rings is 2. The molecular formula is C23H24N4O3. The Morgan fingerprint density at radius 3 is 2.47 bits per heavy atom. The number of amides is 2. The van der Waals surface area contributed by atoms with Gasteiger partial charge in [-0.15, -0.1) is 0 Å². The van der Waals surface area contributed by atoms with Crippen molar-refractivity contribution in [2.24, 2.45) is 0 Å². The van der Waals surface area contributed by atoms with Gasteiger partial charge in [0.15, 0.2) is 0 Å². The van der Waals surface area contributed by atoms with E-state index in [1.807, 2.05) is 36.8 Å². The minimum absolute atomic E-state index is 0.137. The summed E-state index contributed by atoms with van der Waals surface area (Å²) in [5.74, 6) is -0.137. The van der Waals surface area contributed by atoms with Gasteiger partial charge in [-0.05, 0) is 35.2 Å². The van der Waals surface area contributed by atoms with E-state index in [-0.39, 0.29) is 18.1 Å².